The molecule has 0 spiro atoms. The Morgan fingerprint density at radius 2 is 1.62 bits per heavy atom. The summed E-state index contributed by atoms with van der Waals surface area (Å²) in [5.74, 6) is 0.653. The predicted octanol–water partition coefficient (Wildman–Crippen LogP) is 3.61. The normalized spacial score (nSPS) is 13.3. The van der Waals surface area contributed by atoms with Crippen molar-refractivity contribution in [2.24, 2.45) is 5.92 Å². The van der Waals surface area contributed by atoms with Crippen molar-refractivity contribution in [3.05, 3.63) is 0 Å². The van der Waals surface area contributed by atoms with Crippen LogP contribution in [0.25, 0.3) is 0 Å². The number of nitrogens with one attached hydrogen (secondary N) is 1. The summed E-state index contributed by atoms with van der Waals surface area (Å²) >= 11 is 0. The molecule has 98 valence electrons. The van der Waals surface area contributed by atoms with Gasteiger partial charge in [-0.1, -0.05) is 52.9 Å². The summed E-state index contributed by atoms with van der Waals surface area (Å²) < 4.78 is 5.21. The first-order valence-corrected chi connectivity index (χ1v) is 6.94. The first-order chi connectivity index (χ1) is 7.72. The molecule has 0 fully saturated rings. The summed E-state index contributed by atoms with van der Waals surface area (Å²) in [7, 11) is 1.78. The number of hydrogen-bond acceptors (Lipinski definition) is 2. The summed E-state index contributed by atoms with van der Waals surface area (Å²) in [5, 5.41) is 3.59. The minimum atomic E-state index is 0.514. The maximum absolute atomic E-state index is 5.21. The zero-order valence-corrected chi connectivity index (χ0v) is 11.7. The van der Waals surface area contributed by atoms with Gasteiger partial charge in [-0.05, 0) is 18.9 Å². The average molecular weight is 229 g/mol. The van der Waals surface area contributed by atoms with Gasteiger partial charge in [0.25, 0.3) is 0 Å². The summed E-state index contributed by atoms with van der Waals surface area (Å²) in [5.41, 5.74) is 0. The van der Waals surface area contributed by atoms with E-state index in [1.165, 1.54) is 38.5 Å². The third-order valence-corrected chi connectivity index (χ3v) is 3.09. The summed E-state index contributed by atoms with van der Waals surface area (Å²) in [6.45, 7) is 8.72. The molecule has 0 aliphatic heterocycles. The highest BCUT2D eigenvalue weighted by molar-refractivity contribution is 4.69. The second-order valence-corrected chi connectivity index (χ2v) is 5.03. The summed E-state index contributed by atoms with van der Waals surface area (Å²) in [4.78, 5) is 0. The Kier molecular flexibility index (Phi) is 11.3. The van der Waals surface area contributed by atoms with E-state index >= 15 is 0 Å². The molecule has 0 aliphatic rings. The first-order valence-electron chi connectivity index (χ1n) is 6.94. The van der Waals surface area contributed by atoms with Crippen LogP contribution in [0, 0.1) is 5.92 Å². The number of ether oxygens (including phenoxy) is 1. The SMILES string of the molecule is CCCCCCCCNC(COC)C(C)C. The Bertz CT molecular complexity index is 137. The minimum Gasteiger partial charge on any atom is -0.383 e. The van der Waals surface area contributed by atoms with E-state index in [0.717, 1.165) is 13.2 Å². The molecular weight excluding hydrogens is 198 g/mol. The zero-order valence-electron chi connectivity index (χ0n) is 11.7. The fourth-order valence-corrected chi connectivity index (χ4v) is 1.86. The van der Waals surface area contributed by atoms with Crippen molar-refractivity contribution in [2.45, 2.75) is 65.3 Å². The Balaban J connectivity index is 3.33. The lowest BCUT2D eigenvalue weighted by molar-refractivity contribution is 0.147. The molecule has 1 unspecified atom stereocenters. The van der Waals surface area contributed by atoms with Crippen LogP contribution in [-0.2, 0) is 4.74 Å². The maximum atomic E-state index is 5.21. The number of hydrogen-bond donors (Lipinski definition) is 1. The summed E-state index contributed by atoms with van der Waals surface area (Å²) in [6.07, 6.45) is 8.20. The molecule has 16 heavy (non-hydrogen) atoms. The van der Waals surface area contributed by atoms with E-state index in [4.69, 9.17) is 4.74 Å². The standard InChI is InChI=1S/C14H31NO/c1-5-6-7-8-9-10-11-15-14(12-16-4)13(2)3/h13-15H,5-12H2,1-4H3. The number of rotatable bonds is 11. The van der Waals surface area contributed by atoms with Crippen molar-refractivity contribution in [2.75, 3.05) is 20.3 Å². The Hall–Kier alpha value is -0.0800. The van der Waals surface area contributed by atoms with Crippen LogP contribution in [0.3, 0.4) is 0 Å². The fourth-order valence-electron chi connectivity index (χ4n) is 1.86. The van der Waals surface area contributed by atoms with Crippen LogP contribution in [0.5, 0.6) is 0 Å². The fraction of sp³-hybridized carbons (Fsp3) is 1.00. The second kappa shape index (κ2) is 11.4. The van der Waals surface area contributed by atoms with Gasteiger partial charge in [0.1, 0.15) is 0 Å². The largest absolute Gasteiger partial charge is 0.383 e. The molecule has 2 heteroatoms. The maximum Gasteiger partial charge on any atom is 0.0618 e. The van der Waals surface area contributed by atoms with Gasteiger partial charge in [-0.2, -0.15) is 0 Å². The molecule has 0 bridgehead atoms. The molecule has 0 amide bonds. The average Bonchev–Trinajstić information content (AvgIpc) is 2.26. The highest BCUT2D eigenvalue weighted by atomic mass is 16.5. The van der Waals surface area contributed by atoms with Gasteiger partial charge in [0.15, 0.2) is 0 Å². The van der Waals surface area contributed by atoms with E-state index in [9.17, 15) is 0 Å². The van der Waals surface area contributed by atoms with Crippen LogP contribution in [0.15, 0.2) is 0 Å². The number of unbranched alkanes of at least 4 members (excludes halogenated alkanes) is 5. The predicted molar refractivity (Wildman–Crippen MR) is 71.9 cm³/mol. The number of methoxy groups -OCH3 is 1. The van der Waals surface area contributed by atoms with Crippen molar-refractivity contribution in [1.29, 1.82) is 0 Å². The lowest BCUT2D eigenvalue weighted by Gasteiger charge is -2.21. The quantitative estimate of drug-likeness (QED) is 0.547. The molecule has 1 N–H and O–H groups in total. The third-order valence-electron chi connectivity index (χ3n) is 3.09. The van der Waals surface area contributed by atoms with E-state index in [0.29, 0.717) is 12.0 Å². The van der Waals surface area contributed by atoms with Crippen LogP contribution in [0.2, 0.25) is 0 Å². The van der Waals surface area contributed by atoms with Crippen LogP contribution >= 0.6 is 0 Å². The molecular formula is C14H31NO. The van der Waals surface area contributed by atoms with Crippen molar-refractivity contribution >= 4 is 0 Å². The van der Waals surface area contributed by atoms with E-state index < -0.39 is 0 Å². The highest BCUT2D eigenvalue weighted by Crippen LogP contribution is 2.06. The van der Waals surface area contributed by atoms with Crippen LogP contribution in [0.1, 0.15) is 59.3 Å². The van der Waals surface area contributed by atoms with E-state index in [1.807, 2.05) is 0 Å². The first kappa shape index (κ1) is 15.9. The topological polar surface area (TPSA) is 21.3 Å². The molecule has 0 aromatic rings. The lowest BCUT2D eigenvalue weighted by Crippen LogP contribution is -2.38. The van der Waals surface area contributed by atoms with E-state index in [1.54, 1.807) is 7.11 Å². The van der Waals surface area contributed by atoms with Crippen molar-refractivity contribution in [3.8, 4) is 0 Å². The van der Waals surface area contributed by atoms with Crippen molar-refractivity contribution in [1.82, 2.24) is 5.32 Å². The molecule has 0 rings (SSSR count). The van der Waals surface area contributed by atoms with Crippen molar-refractivity contribution < 1.29 is 4.74 Å². The molecule has 0 aromatic carbocycles. The van der Waals surface area contributed by atoms with Crippen LogP contribution < -0.4 is 5.32 Å². The molecule has 0 saturated heterocycles. The van der Waals surface area contributed by atoms with Gasteiger partial charge in [-0.25, -0.2) is 0 Å². The van der Waals surface area contributed by atoms with Gasteiger partial charge < -0.3 is 10.1 Å². The van der Waals surface area contributed by atoms with Gasteiger partial charge in [0, 0.05) is 13.2 Å². The van der Waals surface area contributed by atoms with Crippen LogP contribution in [0.4, 0.5) is 0 Å². The van der Waals surface area contributed by atoms with E-state index in [2.05, 4.69) is 26.1 Å². The van der Waals surface area contributed by atoms with Gasteiger partial charge in [0.05, 0.1) is 6.61 Å². The molecule has 0 aromatic heterocycles. The Morgan fingerprint density at radius 3 is 2.19 bits per heavy atom. The Morgan fingerprint density at radius 1 is 1.00 bits per heavy atom. The molecule has 2 nitrogen and oxygen atoms in total. The zero-order chi connectivity index (χ0) is 12.2. The molecule has 0 saturated carbocycles. The molecule has 0 radical (unpaired) electrons. The van der Waals surface area contributed by atoms with Gasteiger partial charge in [-0.15, -0.1) is 0 Å². The third kappa shape index (κ3) is 9.17. The van der Waals surface area contributed by atoms with Gasteiger partial charge in [0.2, 0.25) is 0 Å². The van der Waals surface area contributed by atoms with Gasteiger partial charge in [-0.3, -0.25) is 0 Å². The molecule has 0 aliphatic carbocycles. The Labute approximate surface area is 102 Å². The second-order valence-electron chi connectivity index (χ2n) is 5.03. The van der Waals surface area contributed by atoms with Crippen molar-refractivity contribution in [3.63, 3.8) is 0 Å². The smallest absolute Gasteiger partial charge is 0.0618 e. The molecule has 1 atom stereocenters. The lowest BCUT2D eigenvalue weighted by atomic mass is 10.0. The van der Waals surface area contributed by atoms with Crippen LogP contribution in [-0.4, -0.2) is 26.3 Å². The van der Waals surface area contributed by atoms with Gasteiger partial charge >= 0.3 is 0 Å². The highest BCUT2D eigenvalue weighted by Gasteiger charge is 2.11. The minimum absolute atomic E-state index is 0.514. The molecule has 0 heterocycles. The van der Waals surface area contributed by atoms with E-state index in [-0.39, 0.29) is 0 Å². The monoisotopic (exact) mass is 229 g/mol. The summed E-state index contributed by atoms with van der Waals surface area (Å²) in [6, 6.07) is 0.514.